The average molecular weight is 346 g/mol. The van der Waals surface area contributed by atoms with Crippen LogP contribution >= 0.6 is 0 Å². The lowest BCUT2D eigenvalue weighted by Crippen LogP contribution is -2.40. The maximum absolute atomic E-state index is 12.7. The fraction of sp³-hybridized carbons (Fsp3) is 0.619. The van der Waals surface area contributed by atoms with Crippen molar-refractivity contribution in [2.24, 2.45) is 11.3 Å². The summed E-state index contributed by atoms with van der Waals surface area (Å²) < 4.78 is 11.4. The predicted octanol–water partition coefficient (Wildman–Crippen LogP) is 4.61. The molecule has 1 aliphatic rings. The molecule has 25 heavy (non-hydrogen) atoms. The third-order valence-corrected chi connectivity index (χ3v) is 5.58. The molecule has 0 saturated heterocycles. The van der Waals surface area contributed by atoms with Gasteiger partial charge in [-0.15, -0.1) is 0 Å². The van der Waals surface area contributed by atoms with E-state index in [-0.39, 0.29) is 11.9 Å². The largest absolute Gasteiger partial charge is 0.451 e. The zero-order valence-corrected chi connectivity index (χ0v) is 16.0. The van der Waals surface area contributed by atoms with Crippen molar-refractivity contribution in [2.45, 2.75) is 72.0 Å². The zero-order valence-electron chi connectivity index (χ0n) is 16.0. The molecular weight excluding hydrogens is 316 g/mol. The van der Waals surface area contributed by atoms with Gasteiger partial charge in [0.25, 0.3) is 0 Å². The number of benzene rings is 1. The molecule has 0 spiro atoms. The smallest absolute Gasteiger partial charge is 0.348 e. The summed E-state index contributed by atoms with van der Waals surface area (Å²) in [6.07, 6.45) is 2.56. The first kappa shape index (κ1) is 19.5. The molecule has 3 unspecified atom stereocenters. The summed E-state index contributed by atoms with van der Waals surface area (Å²) in [7, 11) is 0. The summed E-state index contributed by atoms with van der Waals surface area (Å²) in [5, 5.41) is 0. The first-order valence-electron chi connectivity index (χ1n) is 9.22. The van der Waals surface area contributed by atoms with Crippen LogP contribution in [0.25, 0.3) is 0 Å². The molecule has 138 valence electrons. The van der Waals surface area contributed by atoms with Crippen LogP contribution in [0.5, 0.6) is 0 Å². The lowest BCUT2D eigenvalue weighted by molar-refractivity contribution is -0.185. The number of rotatable bonds is 6. The summed E-state index contributed by atoms with van der Waals surface area (Å²) in [4.78, 5) is 24.9. The van der Waals surface area contributed by atoms with Gasteiger partial charge in [0.15, 0.2) is 6.10 Å². The van der Waals surface area contributed by atoms with E-state index in [1.54, 1.807) is 6.92 Å². The Morgan fingerprint density at radius 1 is 1.28 bits per heavy atom. The van der Waals surface area contributed by atoms with E-state index < -0.39 is 23.1 Å². The highest BCUT2D eigenvalue weighted by molar-refractivity contribution is 5.82. The molecule has 0 radical (unpaired) electrons. The third-order valence-electron chi connectivity index (χ3n) is 5.58. The van der Waals surface area contributed by atoms with Crippen molar-refractivity contribution >= 4 is 11.9 Å². The Morgan fingerprint density at radius 2 is 1.92 bits per heavy atom. The number of ether oxygens (including phenoxy) is 2. The van der Waals surface area contributed by atoms with Crippen LogP contribution in [0, 0.1) is 11.3 Å². The summed E-state index contributed by atoms with van der Waals surface area (Å²) in [5.74, 6) is -0.612. The van der Waals surface area contributed by atoms with Gasteiger partial charge in [-0.2, -0.15) is 0 Å². The van der Waals surface area contributed by atoms with E-state index in [4.69, 9.17) is 9.47 Å². The molecule has 1 fully saturated rings. The minimum atomic E-state index is -0.910. The molecule has 0 N–H and O–H groups in total. The van der Waals surface area contributed by atoms with Crippen molar-refractivity contribution in [2.75, 3.05) is 0 Å². The lowest BCUT2D eigenvalue weighted by Gasteiger charge is -2.35. The van der Waals surface area contributed by atoms with E-state index in [0.29, 0.717) is 6.42 Å². The van der Waals surface area contributed by atoms with E-state index in [2.05, 4.69) is 6.92 Å². The first-order chi connectivity index (χ1) is 11.7. The van der Waals surface area contributed by atoms with E-state index >= 15 is 0 Å². The molecule has 1 aromatic rings. The second-order valence-electron chi connectivity index (χ2n) is 7.75. The molecule has 1 saturated carbocycles. The SMILES string of the molecule is CCC(C)(C)C(=O)OC(C)C(=O)OC1(c2ccccc2)CCCC1C. The maximum Gasteiger partial charge on any atom is 0.348 e. The Balaban J connectivity index is 2.14. The molecule has 0 aromatic heterocycles. The third kappa shape index (κ3) is 4.05. The van der Waals surface area contributed by atoms with E-state index in [9.17, 15) is 9.59 Å². The van der Waals surface area contributed by atoms with Gasteiger partial charge in [0.1, 0.15) is 5.60 Å². The van der Waals surface area contributed by atoms with Gasteiger partial charge < -0.3 is 9.47 Å². The highest BCUT2D eigenvalue weighted by Gasteiger charge is 2.46. The Kier molecular flexibility index (Phi) is 5.91. The normalized spacial score (nSPS) is 24.6. The van der Waals surface area contributed by atoms with Crippen molar-refractivity contribution < 1.29 is 19.1 Å². The van der Waals surface area contributed by atoms with Crippen molar-refractivity contribution in [3.63, 3.8) is 0 Å². The standard InChI is InChI=1S/C21H30O4/c1-6-20(4,5)19(23)24-16(3)18(22)25-21(14-10-11-15(21)2)17-12-8-7-9-13-17/h7-9,12-13,15-16H,6,10-11,14H2,1-5H3. The van der Waals surface area contributed by atoms with Crippen LogP contribution in [0.3, 0.4) is 0 Å². The predicted molar refractivity (Wildman–Crippen MR) is 96.9 cm³/mol. The van der Waals surface area contributed by atoms with Crippen LogP contribution in [-0.2, 0) is 24.7 Å². The summed E-state index contributed by atoms with van der Waals surface area (Å²) in [6.45, 7) is 9.26. The molecular formula is C21H30O4. The van der Waals surface area contributed by atoms with E-state index in [1.165, 1.54) is 0 Å². The number of carbonyl (C=O) groups is 2. The average Bonchev–Trinajstić information content (AvgIpc) is 2.97. The van der Waals surface area contributed by atoms with E-state index in [0.717, 1.165) is 24.8 Å². The quantitative estimate of drug-likeness (QED) is 0.706. The van der Waals surface area contributed by atoms with Gasteiger partial charge in [-0.05, 0) is 52.0 Å². The van der Waals surface area contributed by atoms with Crippen molar-refractivity contribution in [3.8, 4) is 0 Å². The number of hydrogen-bond acceptors (Lipinski definition) is 4. The highest BCUT2D eigenvalue weighted by atomic mass is 16.6. The molecule has 4 nitrogen and oxygen atoms in total. The minimum Gasteiger partial charge on any atom is -0.451 e. The highest BCUT2D eigenvalue weighted by Crippen LogP contribution is 2.46. The molecule has 0 amide bonds. The van der Waals surface area contributed by atoms with Gasteiger partial charge in [0.2, 0.25) is 0 Å². The van der Waals surface area contributed by atoms with Crippen LogP contribution in [0.15, 0.2) is 30.3 Å². The Labute approximate surface area is 150 Å². The van der Waals surface area contributed by atoms with Gasteiger partial charge in [-0.1, -0.05) is 44.2 Å². The van der Waals surface area contributed by atoms with Crippen molar-refractivity contribution in [1.29, 1.82) is 0 Å². The van der Waals surface area contributed by atoms with Crippen LogP contribution in [-0.4, -0.2) is 18.0 Å². The molecule has 3 atom stereocenters. The monoisotopic (exact) mass is 346 g/mol. The van der Waals surface area contributed by atoms with Crippen molar-refractivity contribution in [3.05, 3.63) is 35.9 Å². The molecule has 0 heterocycles. The minimum absolute atomic E-state index is 0.230. The fourth-order valence-corrected chi connectivity index (χ4v) is 3.29. The second-order valence-corrected chi connectivity index (χ2v) is 7.75. The van der Waals surface area contributed by atoms with Gasteiger partial charge in [0.05, 0.1) is 5.41 Å². The Morgan fingerprint density at radius 3 is 2.44 bits per heavy atom. The number of esters is 2. The molecule has 0 aliphatic heterocycles. The van der Waals surface area contributed by atoms with Crippen LogP contribution in [0.2, 0.25) is 0 Å². The van der Waals surface area contributed by atoms with Crippen LogP contribution in [0.1, 0.15) is 65.9 Å². The first-order valence-corrected chi connectivity index (χ1v) is 9.22. The van der Waals surface area contributed by atoms with E-state index in [1.807, 2.05) is 51.1 Å². The fourth-order valence-electron chi connectivity index (χ4n) is 3.29. The summed E-state index contributed by atoms with van der Waals surface area (Å²) in [6, 6.07) is 9.89. The summed E-state index contributed by atoms with van der Waals surface area (Å²) >= 11 is 0. The number of hydrogen-bond donors (Lipinski definition) is 0. The second kappa shape index (κ2) is 7.59. The molecule has 4 heteroatoms. The van der Waals surface area contributed by atoms with Gasteiger partial charge in [0, 0.05) is 5.92 Å². The Bertz CT molecular complexity index is 608. The van der Waals surface area contributed by atoms with Gasteiger partial charge in [-0.3, -0.25) is 4.79 Å². The summed E-state index contributed by atoms with van der Waals surface area (Å²) in [5.41, 5.74) is -0.216. The molecule has 2 rings (SSSR count). The van der Waals surface area contributed by atoms with Crippen LogP contribution < -0.4 is 0 Å². The van der Waals surface area contributed by atoms with Gasteiger partial charge >= 0.3 is 11.9 Å². The zero-order chi connectivity index (χ0) is 18.7. The maximum atomic E-state index is 12.7. The molecule has 1 aliphatic carbocycles. The van der Waals surface area contributed by atoms with Crippen LogP contribution in [0.4, 0.5) is 0 Å². The molecule has 1 aromatic carbocycles. The topological polar surface area (TPSA) is 52.6 Å². The van der Waals surface area contributed by atoms with Gasteiger partial charge in [-0.25, -0.2) is 4.79 Å². The molecule has 0 bridgehead atoms. The lowest BCUT2D eigenvalue weighted by atomic mass is 9.84. The number of carbonyl (C=O) groups excluding carboxylic acids is 2. The Hall–Kier alpha value is -1.84. The van der Waals surface area contributed by atoms with Crippen molar-refractivity contribution in [1.82, 2.24) is 0 Å².